The molecule has 0 aliphatic rings. The monoisotopic (exact) mass is 542 g/mol. The van der Waals surface area contributed by atoms with Gasteiger partial charge in [0.2, 0.25) is 0 Å². The van der Waals surface area contributed by atoms with Gasteiger partial charge in [0.05, 0.1) is 18.8 Å². The van der Waals surface area contributed by atoms with Crippen molar-refractivity contribution in [2.45, 2.75) is 25.9 Å². The summed E-state index contributed by atoms with van der Waals surface area (Å²) in [5.41, 5.74) is 0.666. The van der Waals surface area contributed by atoms with Crippen molar-refractivity contribution in [2.75, 3.05) is 26.4 Å². The second-order valence-corrected chi connectivity index (χ2v) is 9.82. The number of ether oxygens (including phenoxy) is 2. The zero-order valence-electron chi connectivity index (χ0n) is 20.2. The molecule has 0 aromatic heterocycles. The largest absolute Gasteiger partial charge is 0.490 e. The number of alkyl halides is 3. The fourth-order valence-electron chi connectivity index (χ4n) is 3.42. The van der Waals surface area contributed by atoms with Gasteiger partial charge < -0.3 is 23.6 Å². The normalized spacial score (nSPS) is 12.8. The molecule has 0 heterocycles. The van der Waals surface area contributed by atoms with Gasteiger partial charge in [0.25, 0.3) is 0 Å². The van der Waals surface area contributed by atoms with Gasteiger partial charge in [-0.3, -0.25) is 4.57 Å². The van der Waals surface area contributed by atoms with Crippen molar-refractivity contribution < 1.29 is 45.8 Å². The molecule has 1 N–H and O–H groups in total. The van der Waals surface area contributed by atoms with Crippen molar-refractivity contribution in [1.82, 2.24) is 0 Å². The van der Waals surface area contributed by atoms with Crippen LogP contribution >= 0.6 is 7.60 Å². The van der Waals surface area contributed by atoms with Crippen LogP contribution in [0.4, 0.5) is 17.6 Å². The molecule has 1 unspecified atom stereocenters. The molecule has 0 bridgehead atoms. The highest BCUT2D eigenvalue weighted by molar-refractivity contribution is 7.54. The SMILES string of the molecule is CCOP(=O)(OCC)C(O)c1ccc(OCCOc2ccc(-c3ccc(C(F)(F)F)cc3)cc2)c(F)c1. The van der Waals surface area contributed by atoms with Crippen molar-refractivity contribution in [2.24, 2.45) is 0 Å². The zero-order chi connectivity index (χ0) is 27.1. The van der Waals surface area contributed by atoms with E-state index >= 15 is 0 Å². The quantitative estimate of drug-likeness (QED) is 0.148. The summed E-state index contributed by atoms with van der Waals surface area (Å²) in [6.45, 7) is 3.41. The second-order valence-electron chi connectivity index (χ2n) is 7.74. The summed E-state index contributed by atoms with van der Waals surface area (Å²) in [5, 5.41) is 10.4. The van der Waals surface area contributed by atoms with Crippen LogP contribution in [0.3, 0.4) is 0 Å². The predicted octanol–water partition coefficient (Wildman–Crippen LogP) is 7.23. The molecule has 0 spiro atoms. The number of rotatable bonds is 12. The van der Waals surface area contributed by atoms with Gasteiger partial charge in [0.15, 0.2) is 17.4 Å². The molecule has 0 aliphatic heterocycles. The van der Waals surface area contributed by atoms with Gasteiger partial charge in [0.1, 0.15) is 19.0 Å². The van der Waals surface area contributed by atoms with E-state index in [1.54, 1.807) is 38.1 Å². The van der Waals surface area contributed by atoms with Crippen molar-refractivity contribution in [1.29, 1.82) is 0 Å². The number of hydrogen-bond acceptors (Lipinski definition) is 6. The van der Waals surface area contributed by atoms with Crippen molar-refractivity contribution in [3.05, 3.63) is 83.7 Å². The molecule has 0 saturated carbocycles. The van der Waals surface area contributed by atoms with Crippen LogP contribution in [0.2, 0.25) is 0 Å². The Kier molecular flexibility index (Phi) is 9.73. The van der Waals surface area contributed by atoms with Crippen molar-refractivity contribution in [3.8, 4) is 22.6 Å². The van der Waals surface area contributed by atoms with E-state index in [-0.39, 0.29) is 37.7 Å². The van der Waals surface area contributed by atoms with Crippen LogP contribution in [0.5, 0.6) is 11.5 Å². The van der Waals surface area contributed by atoms with Crippen LogP contribution in [-0.4, -0.2) is 31.5 Å². The van der Waals surface area contributed by atoms with Gasteiger partial charge in [0, 0.05) is 0 Å². The first-order valence-corrected chi connectivity index (χ1v) is 13.1. The summed E-state index contributed by atoms with van der Waals surface area (Å²) >= 11 is 0. The molecule has 1 atom stereocenters. The van der Waals surface area contributed by atoms with E-state index in [1.165, 1.54) is 24.3 Å². The Morgan fingerprint density at radius 2 is 1.38 bits per heavy atom. The summed E-state index contributed by atoms with van der Waals surface area (Å²) in [6, 6.07) is 15.3. The Morgan fingerprint density at radius 3 is 1.89 bits per heavy atom. The van der Waals surface area contributed by atoms with Gasteiger partial charge in [-0.2, -0.15) is 13.2 Å². The molecule has 3 aromatic rings. The Bertz CT molecular complexity index is 1190. The highest BCUT2D eigenvalue weighted by Gasteiger charge is 2.35. The summed E-state index contributed by atoms with van der Waals surface area (Å²) < 4.78 is 86.5. The molecule has 3 aromatic carbocycles. The van der Waals surface area contributed by atoms with Gasteiger partial charge in [-0.25, -0.2) is 4.39 Å². The molecule has 3 rings (SSSR count). The van der Waals surface area contributed by atoms with E-state index in [0.717, 1.165) is 23.8 Å². The second kappa shape index (κ2) is 12.6. The number of aliphatic hydroxyl groups excluding tert-OH is 1. The highest BCUT2D eigenvalue weighted by atomic mass is 31.2. The lowest BCUT2D eigenvalue weighted by molar-refractivity contribution is -0.137. The van der Waals surface area contributed by atoms with Crippen molar-refractivity contribution in [3.63, 3.8) is 0 Å². The smallest absolute Gasteiger partial charge is 0.416 e. The highest BCUT2D eigenvalue weighted by Crippen LogP contribution is 2.59. The Morgan fingerprint density at radius 1 is 0.838 bits per heavy atom. The third-order valence-corrected chi connectivity index (χ3v) is 7.31. The number of benzene rings is 3. The molecule has 6 nitrogen and oxygen atoms in total. The average molecular weight is 542 g/mol. The maximum absolute atomic E-state index is 14.5. The lowest BCUT2D eigenvalue weighted by atomic mass is 10.0. The summed E-state index contributed by atoms with van der Waals surface area (Å²) in [5.74, 6) is -2.00. The summed E-state index contributed by atoms with van der Waals surface area (Å²) in [7, 11) is -3.88. The third kappa shape index (κ3) is 7.55. The number of hydrogen-bond donors (Lipinski definition) is 1. The first-order chi connectivity index (χ1) is 17.6. The van der Waals surface area contributed by atoms with Gasteiger partial charge in [-0.05, 0) is 66.9 Å². The third-order valence-electron chi connectivity index (χ3n) is 5.18. The molecular formula is C26H27F4O6P. The molecule has 0 amide bonds. The van der Waals surface area contributed by atoms with Crippen LogP contribution < -0.4 is 9.47 Å². The molecule has 200 valence electrons. The van der Waals surface area contributed by atoms with Gasteiger partial charge in [-0.1, -0.05) is 30.3 Å². The maximum atomic E-state index is 14.5. The van der Waals surface area contributed by atoms with E-state index in [0.29, 0.717) is 11.3 Å². The Balaban J connectivity index is 1.53. The van der Waals surface area contributed by atoms with Crippen LogP contribution in [0, 0.1) is 5.82 Å². The van der Waals surface area contributed by atoms with Crippen LogP contribution in [0.1, 0.15) is 30.8 Å². The predicted molar refractivity (Wildman–Crippen MR) is 130 cm³/mol. The molecule has 0 saturated heterocycles. The van der Waals surface area contributed by atoms with Crippen LogP contribution in [-0.2, 0) is 19.8 Å². The lowest BCUT2D eigenvalue weighted by Gasteiger charge is -2.22. The number of halogens is 4. The van der Waals surface area contributed by atoms with Gasteiger partial charge in [-0.15, -0.1) is 0 Å². The Labute approximate surface area is 212 Å². The van der Waals surface area contributed by atoms with E-state index in [9.17, 15) is 27.2 Å². The van der Waals surface area contributed by atoms with Gasteiger partial charge >= 0.3 is 13.8 Å². The first-order valence-electron chi connectivity index (χ1n) is 11.5. The molecular weight excluding hydrogens is 515 g/mol. The molecule has 0 radical (unpaired) electrons. The fourth-order valence-corrected chi connectivity index (χ4v) is 5.02. The molecule has 37 heavy (non-hydrogen) atoms. The van der Waals surface area contributed by atoms with E-state index < -0.39 is 31.0 Å². The van der Waals surface area contributed by atoms with E-state index in [2.05, 4.69) is 0 Å². The average Bonchev–Trinajstić information content (AvgIpc) is 2.87. The van der Waals surface area contributed by atoms with Crippen molar-refractivity contribution >= 4 is 7.60 Å². The zero-order valence-corrected chi connectivity index (χ0v) is 21.1. The minimum Gasteiger partial charge on any atom is -0.490 e. The first kappa shape index (κ1) is 28.7. The molecule has 0 fully saturated rings. The molecule has 11 heteroatoms. The van der Waals surface area contributed by atoms with Crippen LogP contribution in [0.15, 0.2) is 66.7 Å². The summed E-state index contributed by atoms with van der Waals surface area (Å²) in [4.78, 5) is 0. The van der Waals surface area contributed by atoms with E-state index in [1.807, 2.05) is 0 Å². The standard InChI is InChI=1S/C26H27F4O6P/c1-3-35-37(32,36-4-2)25(31)20-9-14-24(23(27)17-20)34-16-15-33-22-12-7-19(8-13-22)18-5-10-21(11-6-18)26(28,29)30/h5-14,17,25,31H,3-4,15-16H2,1-2H3. The topological polar surface area (TPSA) is 74.2 Å². The number of aliphatic hydroxyl groups is 1. The fraction of sp³-hybridized carbons (Fsp3) is 0.308. The van der Waals surface area contributed by atoms with Crippen LogP contribution in [0.25, 0.3) is 11.1 Å². The molecule has 0 aliphatic carbocycles. The maximum Gasteiger partial charge on any atom is 0.416 e. The Hall–Kier alpha value is -2.91. The summed E-state index contributed by atoms with van der Waals surface area (Å²) in [6.07, 6.45) is -4.39. The minimum absolute atomic E-state index is 0.00978. The minimum atomic E-state index is -4.39. The van der Waals surface area contributed by atoms with E-state index in [4.69, 9.17) is 18.5 Å². The lowest BCUT2D eigenvalue weighted by Crippen LogP contribution is -2.10.